The summed E-state index contributed by atoms with van der Waals surface area (Å²) in [6, 6.07) is 28.7. The molecule has 3 rings (SSSR count). The molecular weight excluding hydrogens is 339 g/mol. The van der Waals surface area contributed by atoms with Crippen molar-refractivity contribution in [1.29, 1.82) is 0 Å². The van der Waals surface area contributed by atoms with Gasteiger partial charge in [-0.2, -0.15) is 0 Å². The average Bonchev–Trinajstić information content (AvgIpc) is 2.69. The molecule has 26 heavy (non-hydrogen) atoms. The van der Waals surface area contributed by atoms with Gasteiger partial charge in [0.05, 0.1) is 11.8 Å². The van der Waals surface area contributed by atoms with Gasteiger partial charge in [0, 0.05) is 10.6 Å². The highest BCUT2D eigenvalue weighted by atomic mass is 31.2. The average molecular weight is 364 g/mol. The van der Waals surface area contributed by atoms with Crippen LogP contribution in [0.15, 0.2) is 91.0 Å². The number of hydrogen-bond acceptors (Lipinski definition) is 2. The van der Waals surface area contributed by atoms with Gasteiger partial charge in [0.25, 0.3) is 0 Å². The summed E-state index contributed by atoms with van der Waals surface area (Å²) in [4.78, 5) is 0. The molecule has 3 aromatic rings. The van der Waals surface area contributed by atoms with E-state index in [9.17, 15) is 9.67 Å². The molecule has 0 saturated heterocycles. The summed E-state index contributed by atoms with van der Waals surface area (Å²) in [6.07, 6.45) is -0.803. The molecule has 2 nitrogen and oxygen atoms in total. The van der Waals surface area contributed by atoms with Crippen molar-refractivity contribution in [2.75, 3.05) is 0 Å². The monoisotopic (exact) mass is 364 g/mol. The van der Waals surface area contributed by atoms with Gasteiger partial charge >= 0.3 is 0 Å². The van der Waals surface area contributed by atoms with Crippen molar-refractivity contribution in [2.45, 2.75) is 25.6 Å². The molecule has 0 radical (unpaired) electrons. The van der Waals surface area contributed by atoms with Crippen LogP contribution in [0.1, 0.15) is 25.5 Å². The first kappa shape index (κ1) is 18.6. The van der Waals surface area contributed by atoms with Crippen molar-refractivity contribution in [3.8, 4) is 0 Å². The van der Waals surface area contributed by atoms with E-state index < -0.39 is 18.9 Å². The molecule has 0 saturated carbocycles. The van der Waals surface area contributed by atoms with Gasteiger partial charge < -0.3 is 9.67 Å². The van der Waals surface area contributed by atoms with Gasteiger partial charge in [-0.15, -0.1) is 0 Å². The first-order valence-electron chi connectivity index (χ1n) is 8.99. The second-order valence-corrected chi connectivity index (χ2v) is 9.86. The first-order chi connectivity index (χ1) is 12.5. The molecule has 1 N–H and O–H groups in total. The Labute approximate surface area is 155 Å². The Hall–Kier alpha value is -2.15. The molecule has 0 spiro atoms. The van der Waals surface area contributed by atoms with E-state index in [4.69, 9.17) is 0 Å². The SMILES string of the molecule is CC(C)[C@H]([C@H](O)c1ccccc1)P(=O)(c1ccccc1)c1ccccc1. The zero-order valence-corrected chi connectivity index (χ0v) is 16.1. The lowest BCUT2D eigenvalue weighted by molar-refractivity contribution is 0.154. The van der Waals surface area contributed by atoms with E-state index >= 15 is 0 Å². The van der Waals surface area contributed by atoms with E-state index in [1.165, 1.54) is 0 Å². The van der Waals surface area contributed by atoms with Crippen LogP contribution in [-0.4, -0.2) is 10.8 Å². The maximum absolute atomic E-state index is 14.6. The number of aliphatic hydroxyl groups excluding tert-OH is 1. The van der Waals surface area contributed by atoms with Crippen molar-refractivity contribution in [3.05, 3.63) is 96.6 Å². The van der Waals surface area contributed by atoms with E-state index in [1.54, 1.807) is 0 Å². The lowest BCUT2D eigenvalue weighted by Gasteiger charge is -2.35. The largest absolute Gasteiger partial charge is 0.388 e. The van der Waals surface area contributed by atoms with Crippen LogP contribution in [0.25, 0.3) is 0 Å². The number of rotatable bonds is 6. The van der Waals surface area contributed by atoms with Gasteiger partial charge in [-0.1, -0.05) is 105 Å². The molecule has 0 fully saturated rings. The van der Waals surface area contributed by atoms with E-state index in [0.29, 0.717) is 0 Å². The molecular formula is C23H25O2P. The number of hydrogen-bond donors (Lipinski definition) is 1. The van der Waals surface area contributed by atoms with Crippen molar-refractivity contribution in [1.82, 2.24) is 0 Å². The lowest BCUT2D eigenvalue weighted by Crippen LogP contribution is -2.34. The minimum Gasteiger partial charge on any atom is -0.388 e. The minimum atomic E-state index is -3.06. The molecule has 3 aromatic carbocycles. The second-order valence-electron chi connectivity index (χ2n) is 6.92. The Morgan fingerprint density at radius 2 is 1.08 bits per heavy atom. The summed E-state index contributed by atoms with van der Waals surface area (Å²) >= 11 is 0. The standard InChI is InChI=1S/C23H25O2P/c1-18(2)23(22(24)19-12-6-3-7-13-19)26(25,20-14-8-4-9-15-20)21-16-10-5-11-17-21/h3-18,22-24H,1-2H3/t22-,23-/m1/s1. The van der Waals surface area contributed by atoms with Crippen LogP contribution in [0.2, 0.25) is 0 Å². The van der Waals surface area contributed by atoms with Crippen LogP contribution in [0.3, 0.4) is 0 Å². The van der Waals surface area contributed by atoms with Gasteiger partial charge in [0.1, 0.15) is 7.14 Å². The predicted molar refractivity (Wildman–Crippen MR) is 110 cm³/mol. The molecule has 0 amide bonds. The maximum atomic E-state index is 14.6. The molecule has 0 aromatic heterocycles. The van der Waals surface area contributed by atoms with Crippen molar-refractivity contribution < 1.29 is 9.67 Å². The third-order valence-corrected chi connectivity index (χ3v) is 8.70. The molecule has 0 aliphatic rings. The van der Waals surface area contributed by atoms with Gasteiger partial charge in [-0.25, -0.2) is 0 Å². The van der Waals surface area contributed by atoms with E-state index in [-0.39, 0.29) is 5.92 Å². The van der Waals surface area contributed by atoms with Crippen LogP contribution in [0.4, 0.5) is 0 Å². The molecule has 0 aliphatic heterocycles. The van der Waals surface area contributed by atoms with Gasteiger partial charge in [0.15, 0.2) is 0 Å². The van der Waals surface area contributed by atoms with E-state index in [1.807, 2.05) is 105 Å². The Morgan fingerprint density at radius 1 is 0.692 bits per heavy atom. The Morgan fingerprint density at radius 3 is 1.46 bits per heavy atom. The third kappa shape index (κ3) is 3.53. The lowest BCUT2D eigenvalue weighted by atomic mass is 9.99. The van der Waals surface area contributed by atoms with Crippen molar-refractivity contribution >= 4 is 17.8 Å². The fourth-order valence-electron chi connectivity index (χ4n) is 3.62. The molecule has 0 aliphatic carbocycles. The molecule has 0 unspecified atom stereocenters. The zero-order chi connectivity index (χ0) is 18.6. The van der Waals surface area contributed by atoms with E-state index in [0.717, 1.165) is 16.2 Å². The summed E-state index contributed by atoms with van der Waals surface area (Å²) in [5.41, 5.74) is 0.396. The first-order valence-corrected chi connectivity index (χ1v) is 10.8. The Balaban J connectivity index is 2.20. The highest BCUT2D eigenvalue weighted by molar-refractivity contribution is 7.79. The van der Waals surface area contributed by atoms with Crippen LogP contribution in [0, 0.1) is 5.92 Å². The summed E-state index contributed by atoms with van der Waals surface area (Å²) < 4.78 is 14.6. The van der Waals surface area contributed by atoms with E-state index in [2.05, 4.69) is 0 Å². The Kier molecular flexibility index (Phi) is 5.76. The fraction of sp³-hybridized carbons (Fsp3) is 0.217. The summed E-state index contributed by atoms with van der Waals surface area (Å²) in [5.74, 6) is 0.0384. The quantitative estimate of drug-likeness (QED) is 0.641. The molecule has 0 heterocycles. The second kappa shape index (κ2) is 8.03. The Bertz CT molecular complexity index is 817. The summed E-state index contributed by atoms with van der Waals surface area (Å²) in [5, 5.41) is 12.8. The topological polar surface area (TPSA) is 37.3 Å². The van der Waals surface area contributed by atoms with Crippen LogP contribution in [0.5, 0.6) is 0 Å². The summed E-state index contributed by atoms with van der Waals surface area (Å²) in [6.45, 7) is 4.07. The van der Waals surface area contributed by atoms with Crippen LogP contribution in [-0.2, 0) is 4.57 Å². The number of benzene rings is 3. The highest BCUT2D eigenvalue weighted by Gasteiger charge is 2.43. The van der Waals surface area contributed by atoms with Crippen LogP contribution >= 0.6 is 7.14 Å². The summed E-state index contributed by atoms with van der Waals surface area (Å²) in [7, 11) is -3.06. The number of aliphatic hydroxyl groups is 1. The minimum absolute atomic E-state index is 0.0384. The zero-order valence-electron chi connectivity index (χ0n) is 15.2. The molecule has 2 atom stereocenters. The van der Waals surface area contributed by atoms with Crippen molar-refractivity contribution in [2.24, 2.45) is 5.92 Å². The normalized spacial score (nSPS) is 14.2. The van der Waals surface area contributed by atoms with Crippen LogP contribution < -0.4 is 10.6 Å². The van der Waals surface area contributed by atoms with Crippen molar-refractivity contribution in [3.63, 3.8) is 0 Å². The van der Waals surface area contributed by atoms with Gasteiger partial charge in [0.2, 0.25) is 0 Å². The smallest absolute Gasteiger partial charge is 0.149 e. The maximum Gasteiger partial charge on any atom is 0.149 e. The van der Waals surface area contributed by atoms with Gasteiger partial charge in [-0.05, 0) is 11.5 Å². The third-order valence-electron chi connectivity index (χ3n) is 4.85. The molecule has 0 bridgehead atoms. The highest BCUT2D eigenvalue weighted by Crippen LogP contribution is 2.55. The molecule has 3 heteroatoms. The fourth-order valence-corrected chi connectivity index (χ4v) is 7.25. The predicted octanol–water partition coefficient (Wildman–Crippen LogP) is 4.76. The molecule has 134 valence electrons. The van der Waals surface area contributed by atoms with Gasteiger partial charge in [-0.3, -0.25) is 0 Å².